The monoisotopic (exact) mass is 401 g/mol. The molecule has 3 rings (SSSR count). The van der Waals surface area contributed by atoms with Crippen LogP contribution >= 0.6 is 0 Å². The van der Waals surface area contributed by atoms with E-state index in [0.717, 1.165) is 43.5 Å². The van der Waals surface area contributed by atoms with E-state index in [9.17, 15) is 9.59 Å². The molecule has 1 aromatic carbocycles. The van der Waals surface area contributed by atoms with Crippen LogP contribution in [-0.2, 0) is 9.59 Å². The molecule has 2 amide bonds. The van der Waals surface area contributed by atoms with Crippen LogP contribution in [0.15, 0.2) is 18.2 Å². The van der Waals surface area contributed by atoms with Crippen LogP contribution in [0.1, 0.15) is 45.6 Å². The average Bonchev–Trinajstić information content (AvgIpc) is 2.67. The Morgan fingerprint density at radius 1 is 1.24 bits per heavy atom. The lowest BCUT2D eigenvalue weighted by Gasteiger charge is -2.35. The van der Waals surface area contributed by atoms with E-state index in [0.29, 0.717) is 24.4 Å². The van der Waals surface area contributed by atoms with Crippen LogP contribution in [-0.4, -0.2) is 55.5 Å². The van der Waals surface area contributed by atoms with Gasteiger partial charge in [-0.3, -0.25) is 14.5 Å². The van der Waals surface area contributed by atoms with Crippen LogP contribution in [0.25, 0.3) is 0 Å². The van der Waals surface area contributed by atoms with Gasteiger partial charge in [-0.05, 0) is 62.3 Å². The summed E-state index contributed by atoms with van der Waals surface area (Å²) in [4.78, 5) is 29.4. The van der Waals surface area contributed by atoms with E-state index in [1.165, 1.54) is 6.42 Å². The zero-order valence-electron chi connectivity index (χ0n) is 18.2. The minimum atomic E-state index is -0.527. The van der Waals surface area contributed by atoms with E-state index < -0.39 is 6.10 Å². The highest BCUT2D eigenvalue weighted by atomic mass is 16.5. The van der Waals surface area contributed by atoms with Crippen LogP contribution < -0.4 is 15.0 Å². The second kappa shape index (κ2) is 9.61. The maximum atomic E-state index is 12.8. The van der Waals surface area contributed by atoms with Gasteiger partial charge in [0.2, 0.25) is 5.91 Å². The molecule has 0 radical (unpaired) electrons. The van der Waals surface area contributed by atoms with Crippen LogP contribution in [0.3, 0.4) is 0 Å². The first-order chi connectivity index (χ1) is 13.9. The molecule has 29 heavy (non-hydrogen) atoms. The van der Waals surface area contributed by atoms with Crippen molar-refractivity contribution < 1.29 is 14.3 Å². The van der Waals surface area contributed by atoms with Crippen molar-refractivity contribution in [2.75, 3.05) is 37.6 Å². The maximum absolute atomic E-state index is 12.8. The summed E-state index contributed by atoms with van der Waals surface area (Å²) in [5, 5.41) is 2.99. The average molecular weight is 402 g/mol. The lowest BCUT2D eigenvalue weighted by Crippen LogP contribution is -2.49. The van der Waals surface area contributed by atoms with E-state index in [2.05, 4.69) is 24.1 Å². The number of fused-ring (bicyclic) bond motifs is 1. The second-order valence-corrected chi connectivity index (χ2v) is 8.82. The molecule has 1 saturated heterocycles. The molecule has 1 aromatic rings. The number of aryl methyl sites for hydroxylation is 1. The Kier molecular flexibility index (Phi) is 7.17. The number of rotatable bonds is 7. The van der Waals surface area contributed by atoms with E-state index in [1.54, 1.807) is 4.90 Å². The molecule has 3 atom stereocenters. The van der Waals surface area contributed by atoms with Crippen molar-refractivity contribution in [3.63, 3.8) is 0 Å². The van der Waals surface area contributed by atoms with Gasteiger partial charge >= 0.3 is 0 Å². The zero-order valence-corrected chi connectivity index (χ0v) is 18.2. The number of hydrogen-bond acceptors (Lipinski definition) is 4. The van der Waals surface area contributed by atoms with Crippen molar-refractivity contribution in [1.29, 1.82) is 0 Å². The predicted octanol–water partition coefficient (Wildman–Crippen LogP) is 2.98. The number of piperidine rings is 1. The van der Waals surface area contributed by atoms with Crippen molar-refractivity contribution in [3.05, 3.63) is 23.8 Å². The minimum absolute atomic E-state index is 0.0347. The van der Waals surface area contributed by atoms with Crippen molar-refractivity contribution >= 4 is 17.5 Å². The number of likely N-dealkylation sites (tertiary alicyclic amines) is 1. The van der Waals surface area contributed by atoms with Crippen molar-refractivity contribution in [2.45, 2.75) is 53.1 Å². The molecular formula is C23H35N3O3. The molecule has 0 saturated carbocycles. The largest absolute Gasteiger partial charge is 0.478 e. The fraction of sp³-hybridized carbons (Fsp3) is 0.652. The Bertz CT molecular complexity index is 726. The molecule has 2 aliphatic rings. The molecular weight excluding hydrogens is 366 g/mol. The number of benzene rings is 1. The summed E-state index contributed by atoms with van der Waals surface area (Å²) in [6.07, 6.45) is 2.29. The molecule has 0 aliphatic carbocycles. The smallest absolute Gasteiger partial charge is 0.268 e. The third-order valence-corrected chi connectivity index (χ3v) is 5.81. The number of carbonyl (C=O) groups excluding carboxylic acids is 2. The Hall–Kier alpha value is -2.08. The van der Waals surface area contributed by atoms with Gasteiger partial charge < -0.3 is 15.0 Å². The van der Waals surface area contributed by atoms with Gasteiger partial charge in [-0.2, -0.15) is 0 Å². The molecule has 160 valence electrons. The Morgan fingerprint density at radius 2 is 1.97 bits per heavy atom. The Balaban J connectivity index is 1.52. The maximum Gasteiger partial charge on any atom is 0.268 e. The molecule has 1 N–H and O–H groups in total. The van der Waals surface area contributed by atoms with E-state index in [4.69, 9.17) is 4.74 Å². The van der Waals surface area contributed by atoms with Gasteiger partial charge in [-0.15, -0.1) is 0 Å². The van der Waals surface area contributed by atoms with Gasteiger partial charge in [0.25, 0.3) is 5.91 Å². The zero-order chi connectivity index (χ0) is 21.0. The molecule has 0 aromatic heterocycles. The molecule has 6 heteroatoms. The highest BCUT2D eigenvalue weighted by molar-refractivity contribution is 6.03. The first kappa shape index (κ1) is 21.6. The number of nitrogens with one attached hydrogen (secondary N) is 1. The van der Waals surface area contributed by atoms with E-state index in [-0.39, 0.29) is 18.4 Å². The number of hydrogen-bond donors (Lipinski definition) is 1. The fourth-order valence-electron chi connectivity index (χ4n) is 4.56. The fourth-order valence-corrected chi connectivity index (χ4v) is 4.56. The lowest BCUT2D eigenvalue weighted by atomic mass is 9.92. The van der Waals surface area contributed by atoms with Crippen LogP contribution in [0, 0.1) is 18.8 Å². The summed E-state index contributed by atoms with van der Waals surface area (Å²) in [6, 6.07) is 5.75. The third kappa shape index (κ3) is 5.50. The number of anilines is 1. The normalized spacial score (nSPS) is 24.8. The second-order valence-electron chi connectivity index (χ2n) is 8.82. The number of amides is 2. The van der Waals surface area contributed by atoms with Gasteiger partial charge in [0.05, 0.1) is 5.69 Å². The lowest BCUT2D eigenvalue weighted by molar-refractivity contribution is -0.129. The predicted molar refractivity (Wildman–Crippen MR) is 115 cm³/mol. The highest BCUT2D eigenvalue weighted by Gasteiger charge is 2.34. The molecule has 6 nitrogen and oxygen atoms in total. The van der Waals surface area contributed by atoms with Crippen molar-refractivity contribution in [1.82, 2.24) is 10.2 Å². The number of nitrogens with zero attached hydrogens (tertiary/aromatic N) is 2. The Labute approximate surface area is 174 Å². The number of carbonyl (C=O) groups is 2. The third-order valence-electron chi connectivity index (χ3n) is 5.81. The van der Waals surface area contributed by atoms with Gasteiger partial charge in [0, 0.05) is 19.6 Å². The molecule has 1 fully saturated rings. The van der Waals surface area contributed by atoms with E-state index >= 15 is 0 Å². The van der Waals surface area contributed by atoms with Crippen LogP contribution in [0.4, 0.5) is 5.69 Å². The molecule has 0 unspecified atom stereocenters. The van der Waals surface area contributed by atoms with Crippen molar-refractivity contribution in [3.8, 4) is 5.75 Å². The number of ether oxygens (including phenoxy) is 1. The molecule has 2 aliphatic heterocycles. The standard InChI is InChI=1S/C23H35N3O3/c1-5-20-23(28)26(19-12-16(2)7-8-21(19)29-20)15-22(27)24-9-6-10-25-13-17(3)11-18(4)14-25/h7-8,12,17-18,20H,5-6,9-11,13-15H2,1-4H3,(H,24,27)/t17-,18-,20-/m0/s1. The SMILES string of the molecule is CC[C@@H]1Oc2ccc(C)cc2N(CC(=O)NCCCN2C[C@@H](C)C[C@H](C)C2)C1=O. The van der Waals surface area contributed by atoms with E-state index in [1.807, 2.05) is 32.0 Å². The first-order valence-corrected chi connectivity index (χ1v) is 10.9. The minimum Gasteiger partial charge on any atom is -0.478 e. The quantitative estimate of drug-likeness (QED) is 0.714. The first-order valence-electron chi connectivity index (χ1n) is 10.9. The summed E-state index contributed by atoms with van der Waals surface area (Å²) in [6.45, 7) is 12.5. The summed E-state index contributed by atoms with van der Waals surface area (Å²) in [5.74, 6) is 1.90. The summed E-state index contributed by atoms with van der Waals surface area (Å²) in [7, 11) is 0. The highest BCUT2D eigenvalue weighted by Crippen LogP contribution is 2.35. The van der Waals surface area contributed by atoms with Crippen LogP contribution in [0.5, 0.6) is 5.75 Å². The van der Waals surface area contributed by atoms with Gasteiger partial charge in [-0.1, -0.05) is 26.8 Å². The van der Waals surface area contributed by atoms with Crippen molar-refractivity contribution in [2.24, 2.45) is 11.8 Å². The summed E-state index contributed by atoms with van der Waals surface area (Å²) >= 11 is 0. The van der Waals surface area contributed by atoms with Gasteiger partial charge in [-0.25, -0.2) is 0 Å². The Morgan fingerprint density at radius 3 is 2.66 bits per heavy atom. The topological polar surface area (TPSA) is 61.9 Å². The molecule has 2 heterocycles. The summed E-state index contributed by atoms with van der Waals surface area (Å²) in [5.41, 5.74) is 1.72. The van der Waals surface area contributed by atoms with Crippen LogP contribution in [0.2, 0.25) is 0 Å². The van der Waals surface area contributed by atoms with Gasteiger partial charge in [0.1, 0.15) is 12.3 Å². The summed E-state index contributed by atoms with van der Waals surface area (Å²) < 4.78 is 5.81. The molecule has 0 bridgehead atoms. The molecule has 0 spiro atoms. The van der Waals surface area contributed by atoms with Gasteiger partial charge in [0.15, 0.2) is 6.10 Å².